The van der Waals surface area contributed by atoms with Crippen LogP contribution in [0.1, 0.15) is 11.3 Å². The Morgan fingerprint density at radius 2 is 1.82 bits per heavy atom. The number of aromatic nitrogens is 1. The Morgan fingerprint density at radius 1 is 1.11 bits per heavy atom. The number of hydrogen-bond acceptors (Lipinski definition) is 5. The molecule has 6 nitrogen and oxygen atoms in total. The first-order valence-electron chi connectivity index (χ1n) is 7.74. The third-order valence-electron chi connectivity index (χ3n) is 3.57. The standard InChI is InChI=1S/C18H11Cl4N3O3/c1-9-16(17(25-27-9)15-12(20)3-2-4-13(15)21)24-18(26)28-23-8-10-5-6-11(19)14(22)7-10/h2-8H,1H3,(H,24,26). The van der Waals surface area contributed by atoms with Crippen LogP contribution in [0.15, 0.2) is 46.1 Å². The van der Waals surface area contributed by atoms with E-state index < -0.39 is 6.09 Å². The number of nitrogens with one attached hydrogen (secondary N) is 1. The van der Waals surface area contributed by atoms with Gasteiger partial charge in [-0.15, -0.1) is 0 Å². The molecule has 0 saturated carbocycles. The Labute approximate surface area is 179 Å². The molecule has 0 unspecified atom stereocenters. The summed E-state index contributed by atoms with van der Waals surface area (Å²) in [4.78, 5) is 16.9. The molecular weight excluding hydrogens is 448 g/mol. The van der Waals surface area contributed by atoms with E-state index in [1.54, 1.807) is 43.3 Å². The summed E-state index contributed by atoms with van der Waals surface area (Å²) < 4.78 is 5.16. The fourth-order valence-electron chi connectivity index (χ4n) is 2.27. The van der Waals surface area contributed by atoms with Crippen LogP contribution in [0.3, 0.4) is 0 Å². The second-order valence-electron chi connectivity index (χ2n) is 5.47. The van der Waals surface area contributed by atoms with Crippen molar-refractivity contribution in [3.8, 4) is 11.3 Å². The topological polar surface area (TPSA) is 76.7 Å². The van der Waals surface area contributed by atoms with Crippen LogP contribution in [0.25, 0.3) is 11.3 Å². The molecule has 1 heterocycles. The molecule has 3 aromatic rings. The molecule has 10 heteroatoms. The molecule has 144 valence electrons. The average molecular weight is 459 g/mol. The molecular formula is C18H11Cl4N3O3. The lowest BCUT2D eigenvalue weighted by atomic mass is 10.1. The van der Waals surface area contributed by atoms with Gasteiger partial charge in [-0.05, 0) is 36.8 Å². The molecule has 0 saturated heterocycles. The van der Waals surface area contributed by atoms with Crippen LogP contribution in [0, 0.1) is 6.92 Å². The quantitative estimate of drug-likeness (QED) is 0.263. The van der Waals surface area contributed by atoms with Crippen molar-refractivity contribution in [2.75, 3.05) is 5.32 Å². The number of oxime groups is 1. The van der Waals surface area contributed by atoms with Gasteiger partial charge < -0.3 is 4.52 Å². The van der Waals surface area contributed by atoms with Gasteiger partial charge in [-0.3, -0.25) is 10.2 Å². The van der Waals surface area contributed by atoms with E-state index in [1.807, 2.05) is 0 Å². The summed E-state index contributed by atoms with van der Waals surface area (Å²) in [6.45, 7) is 1.62. The maximum atomic E-state index is 12.1. The Kier molecular flexibility index (Phi) is 6.46. The van der Waals surface area contributed by atoms with Gasteiger partial charge in [-0.25, -0.2) is 4.79 Å². The molecule has 0 aliphatic heterocycles. The van der Waals surface area contributed by atoms with E-state index in [0.29, 0.717) is 37.0 Å². The lowest BCUT2D eigenvalue weighted by Crippen LogP contribution is -2.12. The van der Waals surface area contributed by atoms with Gasteiger partial charge in [0, 0.05) is 5.56 Å². The van der Waals surface area contributed by atoms with Gasteiger partial charge in [0.2, 0.25) is 0 Å². The van der Waals surface area contributed by atoms with Crippen LogP contribution in [0.2, 0.25) is 20.1 Å². The van der Waals surface area contributed by atoms with Crippen LogP contribution >= 0.6 is 46.4 Å². The first-order valence-corrected chi connectivity index (χ1v) is 9.25. The number of carbonyl (C=O) groups excluding carboxylic acids is 1. The van der Waals surface area contributed by atoms with Gasteiger partial charge in [0.1, 0.15) is 11.4 Å². The Morgan fingerprint density at radius 3 is 2.50 bits per heavy atom. The maximum Gasteiger partial charge on any atom is 0.438 e. The predicted molar refractivity (Wildman–Crippen MR) is 111 cm³/mol. The fourth-order valence-corrected chi connectivity index (χ4v) is 3.15. The van der Waals surface area contributed by atoms with E-state index in [2.05, 4.69) is 15.6 Å². The van der Waals surface area contributed by atoms with Crippen molar-refractivity contribution in [1.82, 2.24) is 5.16 Å². The van der Waals surface area contributed by atoms with E-state index >= 15 is 0 Å². The van der Waals surface area contributed by atoms with Crippen LogP contribution in [-0.4, -0.2) is 17.5 Å². The van der Waals surface area contributed by atoms with Gasteiger partial charge >= 0.3 is 6.09 Å². The van der Waals surface area contributed by atoms with E-state index in [4.69, 9.17) is 55.8 Å². The lowest BCUT2D eigenvalue weighted by Gasteiger charge is -2.07. The Balaban J connectivity index is 1.75. The highest BCUT2D eigenvalue weighted by Gasteiger charge is 2.21. The van der Waals surface area contributed by atoms with Gasteiger partial charge in [0.15, 0.2) is 5.76 Å². The van der Waals surface area contributed by atoms with Crippen molar-refractivity contribution in [2.24, 2.45) is 5.16 Å². The van der Waals surface area contributed by atoms with Gasteiger partial charge in [-0.2, -0.15) is 0 Å². The normalized spacial score (nSPS) is 11.0. The molecule has 0 bridgehead atoms. The van der Waals surface area contributed by atoms with Crippen LogP contribution in [0.5, 0.6) is 0 Å². The average Bonchev–Trinajstić information content (AvgIpc) is 2.98. The molecule has 2 aromatic carbocycles. The molecule has 0 aliphatic carbocycles. The van der Waals surface area contributed by atoms with Crippen molar-refractivity contribution in [2.45, 2.75) is 6.92 Å². The third kappa shape index (κ3) is 4.59. The number of benzene rings is 2. The van der Waals surface area contributed by atoms with Crippen LogP contribution in [-0.2, 0) is 4.84 Å². The van der Waals surface area contributed by atoms with Crippen LogP contribution in [0.4, 0.5) is 10.5 Å². The first-order chi connectivity index (χ1) is 13.4. The van der Waals surface area contributed by atoms with Crippen molar-refractivity contribution >= 4 is 64.4 Å². The molecule has 28 heavy (non-hydrogen) atoms. The van der Waals surface area contributed by atoms with Gasteiger partial charge in [0.25, 0.3) is 0 Å². The fraction of sp³-hybridized carbons (Fsp3) is 0.0556. The van der Waals surface area contributed by atoms with Crippen LogP contribution < -0.4 is 5.32 Å². The predicted octanol–water partition coefficient (Wildman–Crippen LogP) is 6.85. The lowest BCUT2D eigenvalue weighted by molar-refractivity contribution is 0.167. The number of rotatable bonds is 4. The molecule has 1 aromatic heterocycles. The van der Waals surface area contributed by atoms with Crippen molar-refractivity contribution in [1.29, 1.82) is 0 Å². The number of halogens is 4. The third-order valence-corrected chi connectivity index (χ3v) is 4.94. The number of carbonyl (C=O) groups is 1. The number of hydrogen-bond donors (Lipinski definition) is 1. The number of anilines is 1. The zero-order chi connectivity index (χ0) is 20.3. The molecule has 1 amide bonds. The van der Waals surface area contributed by atoms with Gasteiger partial charge in [0.05, 0.1) is 26.3 Å². The molecule has 0 spiro atoms. The molecule has 0 aliphatic rings. The monoisotopic (exact) mass is 457 g/mol. The Hall–Kier alpha value is -2.25. The minimum absolute atomic E-state index is 0.268. The minimum Gasteiger partial charge on any atom is -0.359 e. The highest BCUT2D eigenvalue weighted by atomic mass is 35.5. The molecule has 0 fully saturated rings. The zero-order valence-corrected chi connectivity index (χ0v) is 17.2. The second-order valence-corrected chi connectivity index (χ2v) is 7.10. The van der Waals surface area contributed by atoms with Gasteiger partial charge in [-0.1, -0.05) is 68.8 Å². The molecule has 1 N–H and O–H groups in total. The highest BCUT2D eigenvalue weighted by molar-refractivity contribution is 6.42. The summed E-state index contributed by atoms with van der Waals surface area (Å²) in [7, 11) is 0. The van der Waals surface area contributed by atoms with Crippen molar-refractivity contribution in [3.05, 3.63) is 67.8 Å². The largest absolute Gasteiger partial charge is 0.438 e. The zero-order valence-electron chi connectivity index (χ0n) is 14.2. The number of amides is 1. The second kappa shape index (κ2) is 8.84. The van der Waals surface area contributed by atoms with E-state index in [0.717, 1.165) is 0 Å². The smallest absolute Gasteiger partial charge is 0.359 e. The minimum atomic E-state index is -0.855. The summed E-state index contributed by atoms with van der Waals surface area (Å²) in [5.41, 5.74) is 1.58. The SMILES string of the molecule is Cc1onc(-c2c(Cl)cccc2Cl)c1NC(=O)ON=Cc1ccc(Cl)c(Cl)c1. The molecule has 3 rings (SSSR count). The summed E-state index contributed by atoms with van der Waals surface area (Å²) in [6, 6.07) is 9.84. The summed E-state index contributed by atoms with van der Waals surface area (Å²) in [5, 5.41) is 11.5. The van der Waals surface area contributed by atoms with Crippen molar-refractivity contribution in [3.63, 3.8) is 0 Å². The summed E-state index contributed by atoms with van der Waals surface area (Å²) >= 11 is 24.2. The van der Waals surface area contributed by atoms with E-state index in [9.17, 15) is 4.79 Å². The number of nitrogens with zero attached hydrogens (tertiary/aromatic N) is 2. The maximum absolute atomic E-state index is 12.1. The van der Waals surface area contributed by atoms with E-state index in [1.165, 1.54) is 6.21 Å². The molecule has 0 radical (unpaired) electrons. The number of aryl methyl sites for hydroxylation is 1. The first kappa shape index (κ1) is 20.5. The Bertz CT molecular complexity index is 1050. The highest BCUT2D eigenvalue weighted by Crippen LogP contribution is 2.39. The summed E-state index contributed by atoms with van der Waals surface area (Å²) in [5.74, 6) is 0.344. The summed E-state index contributed by atoms with van der Waals surface area (Å²) in [6.07, 6.45) is 0.459. The van der Waals surface area contributed by atoms with E-state index in [-0.39, 0.29) is 11.4 Å². The van der Waals surface area contributed by atoms with Crippen molar-refractivity contribution < 1.29 is 14.2 Å². The molecule has 0 atom stereocenters.